The smallest absolute Gasteiger partial charge is 0.253 e. The minimum atomic E-state index is -0.0949. The molecule has 1 unspecified atom stereocenters. The van der Waals surface area contributed by atoms with Crippen molar-refractivity contribution in [3.05, 3.63) is 75.4 Å². The third-order valence-corrected chi connectivity index (χ3v) is 6.52. The van der Waals surface area contributed by atoms with Crippen LogP contribution in [0.2, 0.25) is 0 Å². The zero-order chi connectivity index (χ0) is 22.7. The van der Waals surface area contributed by atoms with Crippen molar-refractivity contribution in [3.8, 4) is 6.07 Å². The van der Waals surface area contributed by atoms with E-state index in [2.05, 4.69) is 16.7 Å². The zero-order valence-electron chi connectivity index (χ0n) is 18.3. The lowest BCUT2D eigenvalue weighted by molar-refractivity contribution is 0.0713. The van der Waals surface area contributed by atoms with Crippen LogP contribution in [0.3, 0.4) is 0 Å². The third-order valence-electron chi connectivity index (χ3n) is 6.22. The second-order valence-corrected chi connectivity index (χ2v) is 8.69. The number of benzene rings is 2. The lowest BCUT2D eigenvalue weighted by atomic mass is 9.88. The largest absolute Gasteiger partial charge is 0.381 e. The van der Waals surface area contributed by atoms with E-state index in [0.717, 1.165) is 29.7 Å². The van der Waals surface area contributed by atoms with Gasteiger partial charge < -0.3 is 20.3 Å². The Kier molecular flexibility index (Phi) is 6.69. The molecule has 1 amide bonds. The van der Waals surface area contributed by atoms with Crippen LogP contribution in [0.5, 0.6) is 0 Å². The number of ether oxygens (including phenoxy) is 1. The Morgan fingerprint density at radius 3 is 2.56 bits per heavy atom. The Labute approximate surface area is 193 Å². The molecule has 1 atom stereocenters. The minimum Gasteiger partial charge on any atom is -0.381 e. The van der Waals surface area contributed by atoms with E-state index in [0.29, 0.717) is 41.9 Å². The van der Waals surface area contributed by atoms with Gasteiger partial charge in [-0.1, -0.05) is 29.8 Å². The number of rotatable bonds is 5. The van der Waals surface area contributed by atoms with E-state index in [1.54, 1.807) is 7.11 Å². The quantitative estimate of drug-likeness (QED) is 0.675. The second kappa shape index (κ2) is 9.64. The summed E-state index contributed by atoms with van der Waals surface area (Å²) in [5, 5.41) is 16.0. The summed E-state index contributed by atoms with van der Waals surface area (Å²) >= 11 is 6.43. The number of piperidine rings is 1. The monoisotopic (exact) mass is 450 g/mol. The molecule has 2 aliphatic rings. The molecule has 1 fully saturated rings. The van der Waals surface area contributed by atoms with Crippen molar-refractivity contribution in [2.75, 3.05) is 26.8 Å². The van der Waals surface area contributed by atoms with Gasteiger partial charge in [0.2, 0.25) is 0 Å². The van der Waals surface area contributed by atoms with Crippen molar-refractivity contribution in [3.63, 3.8) is 0 Å². The molecule has 0 saturated carbocycles. The molecule has 32 heavy (non-hydrogen) atoms. The molecule has 4 rings (SSSR count). The Hall–Kier alpha value is -3.01. The van der Waals surface area contributed by atoms with Gasteiger partial charge in [0, 0.05) is 31.3 Å². The summed E-state index contributed by atoms with van der Waals surface area (Å²) < 4.78 is 5.20. The first-order chi connectivity index (χ1) is 15.5. The number of hydrogen-bond acceptors (Lipinski definition) is 5. The lowest BCUT2D eigenvalue weighted by Crippen LogP contribution is -2.38. The molecule has 2 aromatic carbocycles. The van der Waals surface area contributed by atoms with Gasteiger partial charge in [0.1, 0.15) is 11.3 Å². The second-order valence-electron chi connectivity index (χ2n) is 8.32. The number of aryl methyl sites for hydroxylation is 1. The predicted octanol–water partition coefficient (Wildman–Crippen LogP) is 3.92. The van der Waals surface area contributed by atoms with E-state index in [9.17, 15) is 4.79 Å². The molecule has 1 saturated heterocycles. The van der Waals surface area contributed by atoms with Crippen molar-refractivity contribution < 1.29 is 9.53 Å². The van der Waals surface area contributed by atoms with Gasteiger partial charge in [0.25, 0.3) is 5.91 Å². The molecule has 0 radical (unpaired) electrons. The normalized spacial score (nSPS) is 18.8. The average Bonchev–Trinajstić information content (AvgIpc) is 3.19. The van der Waals surface area contributed by atoms with Gasteiger partial charge in [0.15, 0.2) is 0 Å². The Bertz CT molecular complexity index is 1070. The van der Waals surface area contributed by atoms with Crippen molar-refractivity contribution in [1.82, 2.24) is 15.5 Å². The number of nitrogens with one attached hydrogen (secondary N) is 2. The van der Waals surface area contributed by atoms with E-state index in [4.69, 9.17) is 21.6 Å². The molecule has 166 valence electrons. The fourth-order valence-electron chi connectivity index (χ4n) is 4.40. The molecule has 2 aliphatic heterocycles. The van der Waals surface area contributed by atoms with E-state index < -0.39 is 0 Å². The van der Waals surface area contributed by atoms with Crippen LogP contribution in [0.25, 0.3) is 5.70 Å². The molecule has 2 N–H and O–H groups in total. The number of carbonyl (C=O) groups is 1. The van der Waals surface area contributed by atoms with Crippen molar-refractivity contribution >= 4 is 23.2 Å². The summed E-state index contributed by atoms with van der Waals surface area (Å²) in [5.74, 6) is 0.455. The van der Waals surface area contributed by atoms with Gasteiger partial charge in [-0.2, -0.15) is 5.26 Å². The number of nitrogens with zero attached hydrogens (tertiary/aromatic N) is 2. The van der Waals surface area contributed by atoms with E-state index in [1.165, 1.54) is 5.56 Å². The molecule has 0 aromatic heterocycles. The van der Waals surface area contributed by atoms with E-state index >= 15 is 0 Å². The number of methoxy groups -OCH3 is 1. The summed E-state index contributed by atoms with van der Waals surface area (Å²) in [5.41, 5.74) is 5.32. The number of carbonyl (C=O) groups excluding carboxylic acids is 1. The van der Waals surface area contributed by atoms with Crippen molar-refractivity contribution in [1.29, 1.82) is 5.26 Å². The number of nitriles is 1. The topological polar surface area (TPSA) is 77.4 Å². The van der Waals surface area contributed by atoms with E-state index in [-0.39, 0.29) is 12.1 Å². The Morgan fingerprint density at radius 1 is 1.19 bits per heavy atom. The highest BCUT2D eigenvalue weighted by Gasteiger charge is 2.27. The fraction of sp³-hybridized carbons (Fsp3) is 0.360. The molecule has 2 aromatic rings. The Morgan fingerprint density at radius 2 is 1.91 bits per heavy atom. The highest BCUT2D eigenvalue weighted by atomic mass is 35.5. The number of amides is 1. The van der Waals surface area contributed by atoms with Crippen LogP contribution in [-0.2, 0) is 4.74 Å². The highest BCUT2D eigenvalue weighted by molar-refractivity contribution is 6.32. The summed E-state index contributed by atoms with van der Waals surface area (Å²) in [4.78, 5) is 15.2. The first kappa shape index (κ1) is 22.2. The van der Waals surface area contributed by atoms with Crippen LogP contribution in [-0.4, -0.2) is 43.8 Å². The van der Waals surface area contributed by atoms with Gasteiger partial charge >= 0.3 is 0 Å². The number of likely N-dealkylation sites (tertiary alicyclic amines) is 1. The summed E-state index contributed by atoms with van der Waals surface area (Å²) in [6.07, 6.45) is 1.73. The summed E-state index contributed by atoms with van der Waals surface area (Å²) in [6, 6.07) is 15.7. The minimum absolute atomic E-state index is 0.0423. The molecule has 7 heteroatoms. The average molecular weight is 451 g/mol. The summed E-state index contributed by atoms with van der Waals surface area (Å²) in [7, 11) is 1.64. The van der Waals surface area contributed by atoms with Gasteiger partial charge in [-0.15, -0.1) is 0 Å². The van der Waals surface area contributed by atoms with Crippen LogP contribution >= 0.6 is 11.6 Å². The zero-order valence-corrected chi connectivity index (χ0v) is 19.1. The van der Waals surface area contributed by atoms with Gasteiger partial charge in [-0.25, -0.2) is 0 Å². The lowest BCUT2D eigenvalue weighted by Gasteiger charge is -2.32. The van der Waals surface area contributed by atoms with Crippen LogP contribution < -0.4 is 10.6 Å². The maximum Gasteiger partial charge on any atom is 0.253 e. The van der Waals surface area contributed by atoms with Crippen LogP contribution in [0, 0.1) is 18.3 Å². The highest BCUT2D eigenvalue weighted by Crippen LogP contribution is 2.30. The number of halogens is 1. The maximum atomic E-state index is 13.2. The van der Waals surface area contributed by atoms with Crippen LogP contribution in [0.4, 0.5) is 0 Å². The number of hydrogen-bond donors (Lipinski definition) is 2. The molecule has 0 aliphatic carbocycles. The van der Waals surface area contributed by atoms with Gasteiger partial charge in [0.05, 0.1) is 23.9 Å². The predicted molar refractivity (Wildman–Crippen MR) is 125 cm³/mol. The van der Waals surface area contributed by atoms with Crippen LogP contribution in [0.15, 0.2) is 47.6 Å². The Balaban J connectivity index is 1.45. The van der Waals surface area contributed by atoms with Gasteiger partial charge in [-0.3, -0.25) is 4.79 Å². The van der Waals surface area contributed by atoms with Gasteiger partial charge in [-0.05, 0) is 61.1 Å². The fourth-order valence-corrected chi connectivity index (χ4v) is 4.69. The van der Waals surface area contributed by atoms with Crippen LogP contribution in [0.1, 0.15) is 51.4 Å². The SMILES string of the molecule is COCC1NC(Cl)=C(c2cc(C(=O)N3CCC(c4ccc(C#N)cc4)CC3)ccc2C)N1. The molecule has 0 bridgehead atoms. The maximum absolute atomic E-state index is 13.2. The standard InChI is InChI=1S/C25H27ClN4O2/c1-16-3-6-20(13-21(16)23-24(26)29-22(28-23)15-32-2)25(31)30-11-9-19(10-12-30)18-7-4-17(14-27)5-8-18/h3-8,13,19,22,28-29H,9-12,15H2,1-2H3. The van der Waals surface area contributed by atoms with Crippen molar-refractivity contribution in [2.24, 2.45) is 0 Å². The first-order valence-electron chi connectivity index (χ1n) is 10.8. The molecular weight excluding hydrogens is 424 g/mol. The molecular formula is C25H27ClN4O2. The molecule has 0 spiro atoms. The first-order valence-corrected chi connectivity index (χ1v) is 11.2. The van der Waals surface area contributed by atoms with E-state index in [1.807, 2.05) is 54.3 Å². The summed E-state index contributed by atoms with van der Waals surface area (Å²) in [6.45, 7) is 3.92. The van der Waals surface area contributed by atoms with Crippen molar-refractivity contribution in [2.45, 2.75) is 31.8 Å². The molecule has 6 nitrogen and oxygen atoms in total. The third kappa shape index (κ3) is 4.59. The molecule has 2 heterocycles.